The number of benzene rings is 1. The number of hydrogen-bond donors (Lipinski definition) is 1. The SMILES string of the molecule is CC(C)(C)NCC(=O)c1ccc(OC(=O)CCC2CCCCCC2)c(OC(=O)CCC2CCCCCC2)c1. The molecule has 2 fully saturated rings. The first-order chi connectivity index (χ1) is 18.2. The smallest absolute Gasteiger partial charge is 0.311 e. The van der Waals surface area contributed by atoms with Gasteiger partial charge in [0, 0.05) is 23.9 Å². The third-order valence-corrected chi connectivity index (χ3v) is 7.96. The second kappa shape index (κ2) is 15.4. The largest absolute Gasteiger partial charge is 0.423 e. The highest BCUT2D eigenvalue weighted by Gasteiger charge is 2.21. The van der Waals surface area contributed by atoms with E-state index < -0.39 is 0 Å². The van der Waals surface area contributed by atoms with Crippen molar-refractivity contribution >= 4 is 17.7 Å². The van der Waals surface area contributed by atoms with Crippen molar-refractivity contribution in [3.8, 4) is 11.5 Å². The minimum Gasteiger partial charge on any atom is -0.423 e. The number of carbonyl (C=O) groups is 3. The maximum Gasteiger partial charge on any atom is 0.311 e. The lowest BCUT2D eigenvalue weighted by molar-refractivity contribution is -0.137. The van der Waals surface area contributed by atoms with Crippen molar-refractivity contribution < 1.29 is 23.9 Å². The average molecular weight is 528 g/mol. The van der Waals surface area contributed by atoms with Gasteiger partial charge in [-0.1, -0.05) is 77.0 Å². The van der Waals surface area contributed by atoms with Gasteiger partial charge in [-0.25, -0.2) is 0 Å². The van der Waals surface area contributed by atoms with Crippen LogP contribution >= 0.6 is 0 Å². The van der Waals surface area contributed by atoms with Gasteiger partial charge in [-0.2, -0.15) is 0 Å². The Labute approximate surface area is 229 Å². The van der Waals surface area contributed by atoms with Crippen LogP contribution in [0.3, 0.4) is 0 Å². The molecule has 0 heterocycles. The molecular weight excluding hydrogens is 478 g/mol. The molecule has 2 saturated carbocycles. The average Bonchev–Trinajstić information content (AvgIpc) is 3.30. The standard InChI is InChI=1S/C32H49NO5/c1-32(2,3)33-23-27(34)26-18-19-28(37-30(35)20-16-24-12-8-4-5-9-13-24)29(22-26)38-31(36)21-17-25-14-10-6-7-11-15-25/h18-19,22,24-25,33H,4-17,20-21,23H2,1-3H3. The third-order valence-electron chi connectivity index (χ3n) is 7.96. The summed E-state index contributed by atoms with van der Waals surface area (Å²) >= 11 is 0. The first-order valence-corrected chi connectivity index (χ1v) is 15.0. The summed E-state index contributed by atoms with van der Waals surface area (Å²) in [7, 11) is 0. The lowest BCUT2D eigenvalue weighted by atomic mass is 9.95. The van der Waals surface area contributed by atoms with Crippen LogP contribution in [0.5, 0.6) is 11.5 Å². The van der Waals surface area contributed by atoms with E-state index in [0.717, 1.165) is 12.8 Å². The lowest BCUT2D eigenvalue weighted by Gasteiger charge is -2.20. The van der Waals surface area contributed by atoms with Crippen molar-refractivity contribution in [2.45, 2.75) is 129 Å². The minimum atomic E-state index is -0.345. The molecule has 0 amide bonds. The Balaban J connectivity index is 1.64. The van der Waals surface area contributed by atoms with Crippen LogP contribution in [-0.2, 0) is 9.59 Å². The summed E-state index contributed by atoms with van der Waals surface area (Å²) in [4.78, 5) is 38.4. The normalized spacial score (nSPS) is 17.9. The molecule has 6 heteroatoms. The number of Topliss-reactive ketones (excluding diaryl/α,β-unsaturated/α-hetero) is 1. The number of rotatable bonds is 11. The Bertz CT molecular complexity index is 903. The summed E-state index contributed by atoms with van der Waals surface area (Å²) in [6.45, 7) is 6.16. The van der Waals surface area contributed by atoms with Gasteiger partial charge < -0.3 is 14.8 Å². The fourth-order valence-corrected chi connectivity index (χ4v) is 5.59. The Kier molecular flexibility index (Phi) is 12.3. The number of esters is 2. The fourth-order valence-electron chi connectivity index (χ4n) is 5.59. The lowest BCUT2D eigenvalue weighted by Crippen LogP contribution is -2.39. The second-order valence-electron chi connectivity index (χ2n) is 12.4. The maximum atomic E-state index is 12.8. The van der Waals surface area contributed by atoms with E-state index in [-0.39, 0.29) is 41.3 Å². The van der Waals surface area contributed by atoms with E-state index in [4.69, 9.17) is 9.47 Å². The molecule has 0 unspecified atom stereocenters. The van der Waals surface area contributed by atoms with Gasteiger partial charge in [0.2, 0.25) is 0 Å². The first kappa shape index (κ1) is 30.3. The molecule has 1 aromatic carbocycles. The van der Waals surface area contributed by atoms with Gasteiger partial charge in [0.1, 0.15) is 0 Å². The third kappa shape index (κ3) is 11.3. The predicted octanol–water partition coefficient (Wildman–Crippen LogP) is 7.57. The first-order valence-electron chi connectivity index (χ1n) is 15.0. The number of carbonyl (C=O) groups excluding carboxylic acids is 3. The van der Waals surface area contributed by atoms with E-state index in [1.54, 1.807) is 18.2 Å². The molecule has 3 rings (SSSR count). The van der Waals surface area contributed by atoms with Crippen molar-refractivity contribution in [1.82, 2.24) is 5.32 Å². The Morgan fingerprint density at radius 1 is 0.737 bits per heavy atom. The molecule has 2 aliphatic carbocycles. The molecule has 0 atom stereocenters. The minimum absolute atomic E-state index is 0.109. The molecule has 0 spiro atoms. The van der Waals surface area contributed by atoms with Crippen LogP contribution in [0.4, 0.5) is 0 Å². The summed E-state index contributed by atoms with van der Waals surface area (Å²) in [5, 5.41) is 3.20. The van der Waals surface area contributed by atoms with E-state index >= 15 is 0 Å². The molecule has 38 heavy (non-hydrogen) atoms. The van der Waals surface area contributed by atoms with Crippen LogP contribution in [0.25, 0.3) is 0 Å². The maximum absolute atomic E-state index is 12.8. The van der Waals surface area contributed by atoms with Crippen molar-refractivity contribution in [2.24, 2.45) is 11.8 Å². The zero-order valence-corrected chi connectivity index (χ0v) is 23.9. The highest BCUT2D eigenvalue weighted by molar-refractivity contribution is 5.98. The molecule has 2 aliphatic rings. The van der Waals surface area contributed by atoms with Crippen LogP contribution in [-0.4, -0.2) is 29.8 Å². The summed E-state index contributed by atoms with van der Waals surface area (Å²) < 4.78 is 11.4. The van der Waals surface area contributed by atoms with Gasteiger partial charge >= 0.3 is 11.9 Å². The molecule has 0 aliphatic heterocycles. The zero-order chi connectivity index (χ0) is 27.4. The second-order valence-corrected chi connectivity index (χ2v) is 12.4. The zero-order valence-electron chi connectivity index (χ0n) is 23.9. The van der Waals surface area contributed by atoms with Gasteiger partial charge in [-0.15, -0.1) is 0 Å². The van der Waals surface area contributed by atoms with Crippen LogP contribution in [0.1, 0.15) is 134 Å². The van der Waals surface area contributed by atoms with Gasteiger partial charge in [0.25, 0.3) is 0 Å². The molecule has 1 aromatic rings. The van der Waals surface area contributed by atoms with Gasteiger partial charge in [-0.3, -0.25) is 14.4 Å². The van der Waals surface area contributed by atoms with Crippen LogP contribution in [0, 0.1) is 11.8 Å². The topological polar surface area (TPSA) is 81.7 Å². The molecule has 212 valence electrons. The van der Waals surface area contributed by atoms with Gasteiger partial charge in [-0.05, 0) is 63.6 Å². The highest BCUT2D eigenvalue weighted by atomic mass is 16.6. The summed E-state index contributed by atoms with van der Waals surface area (Å²) in [5.41, 5.74) is 0.224. The van der Waals surface area contributed by atoms with Gasteiger partial charge in [0.05, 0.1) is 6.54 Å². The quantitative estimate of drug-likeness (QED) is 0.138. The number of ketones is 1. The highest BCUT2D eigenvalue weighted by Crippen LogP contribution is 2.32. The molecule has 6 nitrogen and oxygen atoms in total. The van der Waals surface area contributed by atoms with E-state index in [0.29, 0.717) is 30.2 Å². The summed E-state index contributed by atoms with van der Waals surface area (Å²) in [5.74, 6) is 0.714. The predicted molar refractivity (Wildman–Crippen MR) is 151 cm³/mol. The molecule has 0 aromatic heterocycles. The monoisotopic (exact) mass is 527 g/mol. The van der Waals surface area contributed by atoms with E-state index in [2.05, 4.69) is 5.32 Å². The van der Waals surface area contributed by atoms with E-state index in [1.165, 1.54) is 77.0 Å². The molecule has 1 N–H and O–H groups in total. The number of ether oxygens (including phenoxy) is 2. The van der Waals surface area contributed by atoms with Crippen LogP contribution in [0.2, 0.25) is 0 Å². The van der Waals surface area contributed by atoms with E-state index in [1.807, 2.05) is 20.8 Å². The van der Waals surface area contributed by atoms with Crippen molar-refractivity contribution in [3.63, 3.8) is 0 Å². The summed E-state index contributed by atoms with van der Waals surface area (Å²) in [6.07, 6.45) is 17.0. The molecular formula is C32H49NO5. The van der Waals surface area contributed by atoms with E-state index in [9.17, 15) is 14.4 Å². The van der Waals surface area contributed by atoms with Crippen molar-refractivity contribution in [1.29, 1.82) is 0 Å². The van der Waals surface area contributed by atoms with Crippen LogP contribution in [0.15, 0.2) is 18.2 Å². The molecule has 0 saturated heterocycles. The molecule has 0 bridgehead atoms. The van der Waals surface area contributed by atoms with Crippen molar-refractivity contribution in [3.05, 3.63) is 23.8 Å². The Morgan fingerprint density at radius 2 is 1.21 bits per heavy atom. The summed E-state index contributed by atoms with van der Waals surface area (Å²) in [6, 6.07) is 4.77. The number of nitrogens with one attached hydrogen (secondary N) is 1. The molecule has 0 radical (unpaired) electrons. The fraction of sp³-hybridized carbons (Fsp3) is 0.719. The number of hydrogen-bond acceptors (Lipinski definition) is 6. The van der Waals surface area contributed by atoms with Crippen LogP contribution < -0.4 is 14.8 Å². The van der Waals surface area contributed by atoms with Gasteiger partial charge in [0.15, 0.2) is 17.3 Å². The Hall–Kier alpha value is -2.21. The van der Waals surface area contributed by atoms with Crippen molar-refractivity contribution in [2.75, 3.05) is 6.54 Å². The Morgan fingerprint density at radius 3 is 1.68 bits per heavy atom.